The molecule has 1 atom stereocenters. The van der Waals surface area contributed by atoms with Crippen LogP contribution in [0, 0.1) is 0 Å². The van der Waals surface area contributed by atoms with Crippen LogP contribution in [0.25, 0.3) is 0 Å². The summed E-state index contributed by atoms with van der Waals surface area (Å²) in [6, 6.07) is 17.3. The molecule has 0 aliphatic heterocycles. The number of nitrogens with zero attached hydrogens (tertiary/aromatic N) is 1. The smallest absolute Gasteiger partial charge is 0.268 e. The van der Waals surface area contributed by atoms with E-state index in [0.29, 0.717) is 6.61 Å². The number of amides is 1. The van der Waals surface area contributed by atoms with Gasteiger partial charge < -0.3 is 9.84 Å². The third kappa shape index (κ3) is 5.03. The van der Waals surface area contributed by atoms with E-state index < -0.39 is 12.0 Å². The first kappa shape index (κ1) is 15.7. The van der Waals surface area contributed by atoms with Crippen LogP contribution in [0.1, 0.15) is 18.1 Å². The molecule has 0 aliphatic rings. The van der Waals surface area contributed by atoms with Gasteiger partial charge in [-0.2, -0.15) is 5.10 Å². The Bertz CT molecular complexity index is 622. The molecule has 2 rings (SSSR count). The minimum Gasteiger partial charge on any atom is -0.489 e. The van der Waals surface area contributed by atoms with Gasteiger partial charge in [0.1, 0.15) is 18.5 Å². The van der Waals surface area contributed by atoms with E-state index in [1.54, 1.807) is 0 Å². The number of nitrogens with one attached hydrogen (secondary N) is 1. The van der Waals surface area contributed by atoms with E-state index in [1.807, 2.05) is 54.6 Å². The van der Waals surface area contributed by atoms with Crippen LogP contribution >= 0.6 is 0 Å². The van der Waals surface area contributed by atoms with Gasteiger partial charge in [0.2, 0.25) is 0 Å². The molecular weight excluding hydrogens is 280 g/mol. The summed E-state index contributed by atoms with van der Waals surface area (Å²) in [5.41, 5.74) is 4.16. The van der Waals surface area contributed by atoms with Crippen LogP contribution < -0.4 is 10.2 Å². The molecule has 0 bridgehead atoms. The lowest BCUT2D eigenvalue weighted by atomic mass is 10.2. The second kappa shape index (κ2) is 7.95. The first-order valence-corrected chi connectivity index (χ1v) is 6.93. The number of hydrogen-bond acceptors (Lipinski definition) is 4. The van der Waals surface area contributed by atoms with Crippen molar-refractivity contribution in [3.63, 3.8) is 0 Å². The van der Waals surface area contributed by atoms with E-state index in [-0.39, 0.29) is 0 Å². The maximum atomic E-state index is 11.1. The predicted molar refractivity (Wildman–Crippen MR) is 84.6 cm³/mol. The predicted octanol–water partition coefficient (Wildman–Crippen LogP) is 2.10. The number of rotatable bonds is 6. The number of hydrogen-bond donors (Lipinski definition) is 2. The maximum Gasteiger partial charge on any atom is 0.268 e. The molecule has 2 aromatic carbocycles. The number of ether oxygens (including phenoxy) is 1. The van der Waals surface area contributed by atoms with Crippen LogP contribution in [0.3, 0.4) is 0 Å². The van der Waals surface area contributed by atoms with Gasteiger partial charge in [-0.15, -0.1) is 0 Å². The fourth-order valence-electron chi connectivity index (χ4n) is 1.65. The van der Waals surface area contributed by atoms with Crippen LogP contribution in [-0.2, 0) is 11.4 Å². The molecule has 1 amide bonds. The Morgan fingerprint density at radius 2 is 1.91 bits per heavy atom. The topological polar surface area (TPSA) is 70.9 Å². The highest BCUT2D eigenvalue weighted by Gasteiger charge is 2.05. The van der Waals surface area contributed by atoms with Crippen molar-refractivity contribution in [1.29, 1.82) is 0 Å². The molecule has 114 valence electrons. The van der Waals surface area contributed by atoms with Crippen LogP contribution in [0.2, 0.25) is 0 Å². The Morgan fingerprint density at radius 3 is 2.55 bits per heavy atom. The Morgan fingerprint density at radius 1 is 1.23 bits per heavy atom. The van der Waals surface area contributed by atoms with Gasteiger partial charge in [-0.1, -0.05) is 30.3 Å². The largest absolute Gasteiger partial charge is 0.489 e. The highest BCUT2D eigenvalue weighted by Crippen LogP contribution is 2.13. The summed E-state index contributed by atoms with van der Waals surface area (Å²) in [6.45, 7) is 1.89. The number of carbonyl (C=O) groups excluding carboxylic acids is 1. The fraction of sp³-hybridized carbons (Fsp3) is 0.176. The number of carbonyl (C=O) groups is 1. The van der Waals surface area contributed by atoms with Crippen molar-refractivity contribution >= 4 is 12.1 Å². The van der Waals surface area contributed by atoms with E-state index in [9.17, 15) is 4.79 Å². The van der Waals surface area contributed by atoms with Crippen LogP contribution in [-0.4, -0.2) is 23.3 Å². The lowest BCUT2D eigenvalue weighted by Crippen LogP contribution is -2.28. The number of benzene rings is 2. The molecule has 0 fully saturated rings. The van der Waals surface area contributed by atoms with E-state index in [1.165, 1.54) is 13.1 Å². The van der Waals surface area contributed by atoms with Gasteiger partial charge in [0.05, 0.1) is 6.21 Å². The molecule has 0 aromatic heterocycles. The lowest BCUT2D eigenvalue weighted by molar-refractivity contribution is -0.128. The van der Waals surface area contributed by atoms with Crippen LogP contribution in [0.4, 0.5) is 0 Å². The zero-order chi connectivity index (χ0) is 15.8. The monoisotopic (exact) mass is 298 g/mol. The van der Waals surface area contributed by atoms with Gasteiger partial charge in [-0.05, 0) is 42.3 Å². The summed E-state index contributed by atoms with van der Waals surface area (Å²) in [6.07, 6.45) is 0.423. The first-order valence-electron chi connectivity index (χ1n) is 6.93. The molecule has 0 spiro atoms. The quantitative estimate of drug-likeness (QED) is 0.634. The molecule has 0 heterocycles. The average molecular weight is 298 g/mol. The van der Waals surface area contributed by atoms with E-state index in [4.69, 9.17) is 9.84 Å². The Kier molecular flexibility index (Phi) is 5.68. The molecular formula is C17H18N2O3. The summed E-state index contributed by atoms with van der Waals surface area (Å²) in [4.78, 5) is 11.1. The molecule has 2 aromatic rings. The SMILES string of the molecule is CC(O)C(=O)NN=Cc1ccc(OCc2ccccc2)cc1. The molecule has 5 nitrogen and oxygen atoms in total. The van der Waals surface area contributed by atoms with Gasteiger partial charge >= 0.3 is 0 Å². The van der Waals surface area contributed by atoms with E-state index >= 15 is 0 Å². The molecule has 1 unspecified atom stereocenters. The number of hydrazone groups is 1. The summed E-state index contributed by atoms with van der Waals surface area (Å²) >= 11 is 0. The van der Waals surface area contributed by atoms with Crippen molar-refractivity contribution < 1.29 is 14.6 Å². The molecule has 5 heteroatoms. The Hall–Kier alpha value is -2.66. The highest BCUT2D eigenvalue weighted by molar-refractivity contribution is 5.84. The number of aliphatic hydroxyl groups is 1. The minimum absolute atomic E-state index is 0.513. The summed E-state index contributed by atoms with van der Waals surface area (Å²) in [7, 11) is 0. The number of aliphatic hydroxyl groups excluding tert-OH is 1. The van der Waals surface area contributed by atoms with Gasteiger partial charge in [0.15, 0.2) is 0 Å². The van der Waals surface area contributed by atoms with Crippen molar-refractivity contribution in [3.05, 3.63) is 65.7 Å². The van der Waals surface area contributed by atoms with Crippen molar-refractivity contribution in [1.82, 2.24) is 5.43 Å². The van der Waals surface area contributed by atoms with Crippen molar-refractivity contribution in [2.24, 2.45) is 5.10 Å². The molecule has 0 radical (unpaired) electrons. The average Bonchev–Trinajstić information content (AvgIpc) is 2.55. The zero-order valence-electron chi connectivity index (χ0n) is 12.3. The third-order valence-electron chi connectivity index (χ3n) is 2.90. The molecule has 0 aliphatic carbocycles. The van der Waals surface area contributed by atoms with E-state index in [2.05, 4.69) is 10.5 Å². The molecule has 0 saturated carbocycles. The molecule has 2 N–H and O–H groups in total. The third-order valence-corrected chi connectivity index (χ3v) is 2.90. The van der Waals surface area contributed by atoms with Gasteiger partial charge in [0, 0.05) is 0 Å². The summed E-state index contributed by atoms with van der Waals surface area (Å²) < 4.78 is 5.67. The summed E-state index contributed by atoms with van der Waals surface area (Å²) in [5.74, 6) is 0.216. The minimum atomic E-state index is -1.08. The fourth-order valence-corrected chi connectivity index (χ4v) is 1.65. The summed E-state index contributed by atoms with van der Waals surface area (Å²) in [5, 5.41) is 12.8. The second-order valence-corrected chi connectivity index (χ2v) is 4.75. The zero-order valence-corrected chi connectivity index (χ0v) is 12.3. The van der Waals surface area contributed by atoms with Crippen molar-refractivity contribution in [3.8, 4) is 5.75 Å². The van der Waals surface area contributed by atoms with Crippen molar-refractivity contribution in [2.45, 2.75) is 19.6 Å². The molecule has 0 saturated heterocycles. The Balaban J connectivity index is 1.85. The van der Waals surface area contributed by atoms with Crippen molar-refractivity contribution in [2.75, 3.05) is 0 Å². The normalized spacial score (nSPS) is 12.1. The van der Waals surface area contributed by atoms with Gasteiger partial charge in [0.25, 0.3) is 5.91 Å². The second-order valence-electron chi connectivity index (χ2n) is 4.75. The van der Waals surface area contributed by atoms with Crippen LogP contribution in [0.5, 0.6) is 5.75 Å². The van der Waals surface area contributed by atoms with Crippen LogP contribution in [0.15, 0.2) is 59.7 Å². The lowest BCUT2D eigenvalue weighted by Gasteiger charge is -2.06. The maximum absolute atomic E-state index is 11.1. The first-order chi connectivity index (χ1) is 10.6. The molecule has 22 heavy (non-hydrogen) atoms. The van der Waals surface area contributed by atoms with Gasteiger partial charge in [-0.25, -0.2) is 5.43 Å². The van der Waals surface area contributed by atoms with Gasteiger partial charge in [-0.3, -0.25) is 4.79 Å². The standard InChI is InChI=1S/C17H18N2O3/c1-13(20)17(21)19-18-11-14-7-9-16(10-8-14)22-12-15-5-3-2-4-6-15/h2-11,13,20H,12H2,1H3,(H,19,21). The van der Waals surface area contributed by atoms with E-state index in [0.717, 1.165) is 16.9 Å². The highest BCUT2D eigenvalue weighted by atomic mass is 16.5. The Labute approximate surface area is 129 Å².